The molecule has 0 radical (unpaired) electrons. The van der Waals surface area contributed by atoms with Gasteiger partial charge in [0.2, 0.25) is 0 Å². The Hall–Kier alpha value is -0.840. The number of piperazine rings is 1. The maximum Gasteiger partial charge on any atom is 0.195 e. The van der Waals surface area contributed by atoms with Gasteiger partial charge in [-0.25, -0.2) is 0 Å². The second kappa shape index (κ2) is 4.79. The molecular weight excluding hydrogens is 190 g/mol. The molecule has 0 aliphatic carbocycles. The van der Waals surface area contributed by atoms with Crippen LogP contribution in [-0.4, -0.2) is 39.8 Å². The van der Waals surface area contributed by atoms with Crippen molar-refractivity contribution in [3.63, 3.8) is 0 Å². The number of rotatable bonds is 3. The van der Waals surface area contributed by atoms with Gasteiger partial charge in [0.15, 0.2) is 11.8 Å². The lowest BCUT2D eigenvalue weighted by molar-refractivity contribution is -1.02. The summed E-state index contributed by atoms with van der Waals surface area (Å²) in [5.74, 6) is 1.10. The molecule has 0 unspecified atom stereocenters. The van der Waals surface area contributed by atoms with Crippen molar-refractivity contribution < 1.29 is 20.0 Å². The van der Waals surface area contributed by atoms with Gasteiger partial charge in [-0.3, -0.25) is 0 Å². The minimum absolute atomic E-state index is 0.452. The highest BCUT2D eigenvalue weighted by Crippen LogP contribution is 2.07. The van der Waals surface area contributed by atoms with Gasteiger partial charge in [0, 0.05) is 0 Å². The first-order valence-corrected chi connectivity index (χ1v) is 5.79. The third kappa shape index (κ3) is 2.40. The number of furan rings is 1. The van der Waals surface area contributed by atoms with E-state index in [0.29, 0.717) is 6.04 Å². The standard InChI is InChI=1S/C11H19N3O/c1-13-4-6-14(7-5-13)10(9-12)11-3-2-8-15-11/h2-3,8,10H,4-7,9,12H2,1H3/p+3/t10-/m1/s1. The minimum atomic E-state index is 0.452. The molecule has 1 fully saturated rings. The highest BCUT2D eigenvalue weighted by atomic mass is 16.3. The zero-order valence-electron chi connectivity index (χ0n) is 9.46. The van der Waals surface area contributed by atoms with Crippen molar-refractivity contribution in [3.05, 3.63) is 24.2 Å². The van der Waals surface area contributed by atoms with Crippen LogP contribution in [-0.2, 0) is 0 Å². The van der Waals surface area contributed by atoms with Crippen molar-refractivity contribution in [3.8, 4) is 0 Å². The average molecular weight is 212 g/mol. The monoisotopic (exact) mass is 212 g/mol. The number of quaternary nitrogens is 3. The Balaban J connectivity index is 2.01. The fourth-order valence-corrected chi connectivity index (χ4v) is 2.38. The van der Waals surface area contributed by atoms with Crippen LogP contribution >= 0.6 is 0 Å². The predicted molar refractivity (Wildman–Crippen MR) is 56.5 cm³/mol. The third-order valence-corrected chi connectivity index (χ3v) is 3.41. The first-order chi connectivity index (χ1) is 7.31. The highest BCUT2D eigenvalue weighted by Gasteiger charge is 2.31. The van der Waals surface area contributed by atoms with Gasteiger partial charge < -0.3 is 20.0 Å². The summed E-state index contributed by atoms with van der Waals surface area (Å²) in [6.45, 7) is 5.89. The molecule has 1 aliphatic heterocycles. The maximum absolute atomic E-state index is 5.50. The molecule has 0 amide bonds. The van der Waals surface area contributed by atoms with E-state index in [-0.39, 0.29) is 0 Å². The fraction of sp³-hybridized carbons (Fsp3) is 0.636. The topological polar surface area (TPSA) is 49.7 Å². The van der Waals surface area contributed by atoms with E-state index in [1.807, 2.05) is 6.07 Å². The van der Waals surface area contributed by atoms with E-state index in [2.05, 4.69) is 18.8 Å². The summed E-state index contributed by atoms with van der Waals surface area (Å²) in [6, 6.07) is 4.50. The molecule has 1 atom stereocenters. The van der Waals surface area contributed by atoms with Crippen LogP contribution in [0.4, 0.5) is 0 Å². The van der Waals surface area contributed by atoms with Gasteiger partial charge in [0.05, 0.1) is 13.3 Å². The Bertz CT molecular complexity index is 278. The average Bonchev–Trinajstić information content (AvgIpc) is 2.75. The van der Waals surface area contributed by atoms with Crippen LogP contribution in [0.1, 0.15) is 11.8 Å². The maximum atomic E-state index is 5.50. The molecule has 0 saturated carbocycles. The molecule has 84 valence electrons. The second-order valence-electron chi connectivity index (χ2n) is 4.47. The van der Waals surface area contributed by atoms with Crippen molar-refractivity contribution >= 4 is 0 Å². The normalized spacial score (nSPS) is 28.9. The lowest BCUT2D eigenvalue weighted by Crippen LogP contribution is -3.27. The van der Waals surface area contributed by atoms with E-state index in [0.717, 1.165) is 12.3 Å². The van der Waals surface area contributed by atoms with Crippen molar-refractivity contribution in [2.45, 2.75) is 6.04 Å². The molecule has 1 saturated heterocycles. The predicted octanol–water partition coefficient (Wildman–Crippen LogP) is -3.02. The Morgan fingerprint density at radius 3 is 2.67 bits per heavy atom. The quantitative estimate of drug-likeness (QED) is 0.491. The highest BCUT2D eigenvalue weighted by molar-refractivity contribution is 5.01. The zero-order valence-corrected chi connectivity index (χ0v) is 9.46. The van der Waals surface area contributed by atoms with Crippen molar-refractivity contribution in [1.29, 1.82) is 0 Å². The van der Waals surface area contributed by atoms with E-state index < -0.39 is 0 Å². The molecule has 2 heterocycles. The van der Waals surface area contributed by atoms with E-state index >= 15 is 0 Å². The van der Waals surface area contributed by atoms with E-state index in [4.69, 9.17) is 4.42 Å². The Kier molecular flexibility index (Phi) is 3.41. The van der Waals surface area contributed by atoms with E-state index in [1.165, 1.54) is 26.2 Å². The van der Waals surface area contributed by atoms with Crippen molar-refractivity contribution in [2.75, 3.05) is 39.8 Å². The van der Waals surface area contributed by atoms with Crippen LogP contribution < -0.4 is 15.5 Å². The van der Waals surface area contributed by atoms with Crippen LogP contribution in [0.2, 0.25) is 0 Å². The fourth-order valence-electron chi connectivity index (χ4n) is 2.38. The summed E-state index contributed by atoms with van der Waals surface area (Å²) in [4.78, 5) is 3.27. The van der Waals surface area contributed by atoms with Crippen LogP contribution in [0.15, 0.2) is 22.8 Å². The zero-order chi connectivity index (χ0) is 10.7. The molecule has 15 heavy (non-hydrogen) atoms. The van der Waals surface area contributed by atoms with Gasteiger partial charge in [0.1, 0.15) is 32.7 Å². The summed E-state index contributed by atoms with van der Waals surface area (Å²) >= 11 is 0. The largest absolute Gasteiger partial charge is 0.463 e. The molecule has 0 spiro atoms. The Labute approximate surface area is 90.6 Å². The lowest BCUT2D eigenvalue weighted by atomic mass is 10.1. The van der Waals surface area contributed by atoms with Crippen LogP contribution in [0.5, 0.6) is 0 Å². The van der Waals surface area contributed by atoms with Gasteiger partial charge in [-0.15, -0.1) is 0 Å². The van der Waals surface area contributed by atoms with Gasteiger partial charge in [0.25, 0.3) is 0 Å². The van der Waals surface area contributed by atoms with Gasteiger partial charge in [-0.2, -0.15) is 0 Å². The summed E-state index contributed by atoms with van der Waals surface area (Å²) in [7, 11) is 2.27. The number of hydrogen-bond acceptors (Lipinski definition) is 1. The summed E-state index contributed by atoms with van der Waals surface area (Å²) in [6.07, 6.45) is 1.76. The molecule has 1 aliphatic rings. The van der Waals surface area contributed by atoms with Crippen LogP contribution in [0.3, 0.4) is 0 Å². The SMILES string of the molecule is C[NH+]1CC[NH+]([C@H](C[NH3+])c2ccco2)CC1. The van der Waals surface area contributed by atoms with Crippen LogP contribution in [0, 0.1) is 0 Å². The van der Waals surface area contributed by atoms with Crippen molar-refractivity contribution in [2.24, 2.45) is 0 Å². The molecule has 1 aromatic heterocycles. The van der Waals surface area contributed by atoms with Gasteiger partial charge in [-0.05, 0) is 12.1 Å². The molecular formula is C11H22N3O+3. The summed E-state index contributed by atoms with van der Waals surface area (Å²) < 4.78 is 5.50. The molecule has 1 aromatic rings. The second-order valence-corrected chi connectivity index (χ2v) is 4.47. The number of likely N-dealkylation sites (N-methyl/N-ethyl adjacent to an activating group) is 1. The van der Waals surface area contributed by atoms with E-state index in [9.17, 15) is 0 Å². The molecule has 0 bridgehead atoms. The lowest BCUT2D eigenvalue weighted by Gasteiger charge is -2.30. The van der Waals surface area contributed by atoms with Crippen molar-refractivity contribution in [1.82, 2.24) is 0 Å². The molecule has 0 aromatic carbocycles. The number of hydrogen-bond donors (Lipinski definition) is 3. The smallest absolute Gasteiger partial charge is 0.195 e. The first-order valence-electron chi connectivity index (χ1n) is 5.79. The third-order valence-electron chi connectivity index (χ3n) is 3.41. The van der Waals surface area contributed by atoms with Crippen LogP contribution in [0.25, 0.3) is 0 Å². The summed E-state index contributed by atoms with van der Waals surface area (Å²) in [5, 5.41) is 0. The molecule has 4 nitrogen and oxygen atoms in total. The minimum Gasteiger partial charge on any atom is -0.463 e. The first kappa shape index (κ1) is 10.7. The Morgan fingerprint density at radius 2 is 2.13 bits per heavy atom. The number of nitrogens with one attached hydrogen (secondary N) is 2. The molecule has 5 N–H and O–H groups in total. The summed E-state index contributed by atoms with van der Waals surface area (Å²) in [5.41, 5.74) is 4.05. The molecule has 2 rings (SSSR count). The Morgan fingerprint density at radius 1 is 1.40 bits per heavy atom. The van der Waals surface area contributed by atoms with Gasteiger partial charge in [-0.1, -0.05) is 0 Å². The van der Waals surface area contributed by atoms with E-state index in [1.54, 1.807) is 16.1 Å². The van der Waals surface area contributed by atoms with Gasteiger partial charge >= 0.3 is 0 Å². The molecule has 4 heteroatoms.